The predicted octanol–water partition coefficient (Wildman–Crippen LogP) is 2.62. The lowest BCUT2D eigenvalue weighted by Crippen LogP contribution is -1.98. The maximum atomic E-state index is 5.32. The fraction of sp³-hybridized carbons (Fsp3) is 0.333. The van der Waals surface area contributed by atoms with Crippen molar-refractivity contribution in [1.29, 1.82) is 0 Å². The summed E-state index contributed by atoms with van der Waals surface area (Å²) >= 11 is 1.65. The first-order chi connectivity index (χ1) is 11.2. The van der Waals surface area contributed by atoms with Crippen LogP contribution in [0.1, 0.15) is 17.5 Å². The zero-order valence-corrected chi connectivity index (χ0v) is 14.0. The molecule has 1 aromatic carbocycles. The van der Waals surface area contributed by atoms with Gasteiger partial charge in [0, 0.05) is 7.05 Å². The number of aryl methyl sites for hydroxylation is 1. The molecule has 0 aliphatic heterocycles. The highest BCUT2D eigenvalue weighted by Crippen LogP contribution is 2.27. The third-order valence-corrected chi connectivity index (χ3v) is 4.37. The Kier molecular flexibility index (Phi) is 4.61. The Hall–Kier alpha value is -2.35. The lowest BCUT2D eigenvalue weighted by Gasteiger charge is -2.03. The van der Waals surface area contributed by atoms with Crippen molar-refractivity contribution < 1.29 is 9.26 Å². The molecular formula is C15H17N5O2S. The fourth-order valence-corrected chi connectivity index (χ4v) is 2.89. The topological polar surface area (TPSA) is 78.9 Å². The molecule has 0 spiro atoms. The maximum absolute atomic E-state index is 5.32. The molecule has 0 N–H and O–H groups in total. The van der Waals surface area contributed by atoms with Gasteiger partial charge in [-0.3, -0.25) is 0 Å². The van der Waals surface area contributed by atoms with E-state index in [9.17, 15) is 0 Å². The quantitative estimate of drug-likeness (QED) is 0.687. The van der Waals surface area contributed by atoms with Crippen LogP contribution in [0.25, 0.3) is 11.4 Å². The van der Waals surface area contributed by atoms with E-state index in [1.807, 2.05) is 42.8 Å². The summed E-state index contributed by atoms with van der Waals surface area (Å²) in [5.41, 5.74) is 0.818. The van der Waals surface area contributed by atoms with Crippen molar-refractivity contribution in [2.45, 2.75) is 18.4 Å². The van der Waals surface area contributed by atoms with Crippen molar-refractivity contribution in [2.24, 2.45) is 7.05 Å². The van der Waals surface area contributed by atoms with E-state index in [0.29, 0.717) is 17.5 Å². The number of rotatable bonds is 6. The molecule has 120 valence electrons. The molecule has 3 aromatic rings. The molecule has 0 amide bonds. The van der Waals surface area contributed by atoms with Gasteiger partial charge in [-0.1, -0.05) is 17.3 Å². The van der Waals surface area contributed by atoms with E-state index in [1.165, 1.54) is 0 Å². The van der Waals surface area contributed by atoms with Crippen LogP contribution in [0.5, 0.6) is 5.75 Å². The highest BCUT2D eigenvalue weighted by Gasteiger charge is 2.13. The van der Waals surface area contributed by atoms with Crippen LogP contribution in [0.2, 0.25) is 0 Å². The van der Waals surface area contributed by atoms with Gasteiger partial charge in [0.05, 0.1) is 24.2 Å². The van der Waals surface area contributed by atoms with Crippen molar-refractivity contribution >= 4 is 11.8 Å². The number of aromatic nitrogens is 5. The van der Waals surface area contributed by atoms with Crippen LogP contribution < -0.4 is 4.74 Å². The molecular weight excluding hydrogens is 314 g/mol. The SMILES string of the molecule is COc1ccccc1-c1noc(CSCc2nnc(C)n2C)n1. The summed E-state index contributed by atoms with van der Waals surface area (Å²) in [5.74, 6) is 5.02. The Morgan fingerprint density at radius 1 is 1.22 bits per heavy atom. The zero-order valence-electron chi connectivity index (χ0n) is 13.2. The van der Waals surface area contributed by atoms with E-state index in [4.69, 9.17) is 9.26 Å². The van der Waals surface area contributed by atoms with Gasteiger partial charge in [0.25, 0.3) is 0 Å². The molecule has 0 aliphatic rings. The first-order valence-corrected chi connectivity index (χ1v) is 8.23. The highest BCUT2D eigenvalue weighted by atomic mass is 32.2. The predicted molar refractivity (Wildman–Crippen MR) is 87.0 cm³/mol. The van der Waals surface area contributed by atoms with E-state index in [2.05, 4.69) is 20.3 Å². The van der Waals surface area contributed by atoms with Gasteiger partial charge >= 0.3 is 0 Å². The minimum absolute atomic E-state index is 0.535. The number of benzene rings is 1. The molecule has 2 aromatic heterocycles. The molecule has 3 rings (SSSR count). The third-order valence-electron chi connectivity index (χ3n) is 3.46. The average molecular weight is 331 g/mol. The summed E-state index contributed by atoms with van der Waals surface area (Å²) in [6.07, 6.45) is 0. The Balaban J connectivity index is 1.64. The van der Waals surface area contributed by atoms with Crippen molar-refractivity contribution in [3.05, 3.63) is 41.8 Å². The Labute approximate surface area is 138 Å². The third kappa shape index (κ3) is 3.37. The Bertz CT molecular complexity index is 799. The van der Waals surface area contributed by atoms with Gasteiger partial charge in [-0.15, -0.1) is 22.0 Å². The Morgan fingerprint density at radius 2 is 2.04 bits per heavy atom. The van der Waals surface area contributed by atoms with Crippen molar-refractivity contribution in [2.75, 3.05) is 7.11 Å². The van der Waals surface area contributed by atoms with E-state index >= 15 is 0 Å². The van der Waals surface area contributed by atoms with Crippen molar-refractivity contribution in [3.63, 3.8) is 0 Å². The van der Waals surface area contributed by atoms with Gasteiger partial charge < -0.3 is 13.8 Å². The van der Waals surface area contributed by atoms with Gasteiger partial charge in [-0.05, 0) is 19.1 Å². The number of para-hydroxylation sites is 1. The summed E-state index contributed by atoms with van der Waals surface area (Å²) in [6, 6.07) is 7.60. The average Bonchev–Trinajstić information content (AvgIpc) is 3.17. The zero-order chi connectivity index (χ0) is 16.2. The molecule has 2 heterocycles. The summed E-state index contributed by atoms with van der Waals surface area (Å²) in [5, 5.41) is 12.2. The van der Waals surface area contributed by atoms with Crippen molar-refractivity contribution in [3.8, 4) is 17.1 Å². The molecule has 0 radical (unpaired) electrons. The molecule has 7 nitrogen and oxygen atoms in total. The molecule has 8 heteroatoms. The van der Waals surface area contributed by atoms with Crippen LogP contribution in [-0.2, 0) is 18.6 Å². The van der Waals surface area contributed by atoms with Crippen LogP contribution in [0.3, 0.4) is 0 Å². The van der Waals surface area contributed by atoms with E-state index in [1.54, 1.807) is 18.9 Å². The lowest BCUT2D eigenvalue weighted by molar-refractivity contribution is 0.390. The number of hydrogen-bond donors (Lipinski definition) is 0. The van der Waals surface area contributed by atoms with E-state index in [0.717, 1.165) is 28.7 Å². The van der Waals surface area contributed by atoms with Gasteiger partial charge in [-0.25, -0.2) is 0 Å². The molecule has 23 heavy (non-hydrogen) atoms. The summed E-state index contributed by atoms with van der Waals surface area (Å²) in [7, 11) is 3.58. The molecule has 0 aliphatic carbocycles. The molecule has 0 saturated carbocycles. The summed E-state index contributed by atoms with van der Waals surface area (Å²) in [4.78, 5) is 4.43. The second-order valence-corrected chi connectivity index (χ2v) is 5.91. The van der Waals surface area contributed by atoms with Gasteiger partial charge in [0.15, 0.2) is 0 Å². The second kappa shape index (κ2) is 6.82. The van der Waals surface area contributed by atoms with Crippen LogP contribution >= 0.6 is 11.8 Å². The maximum Gasteiger partial charge on any atom is 0.236 e. The smallest absolute Gasteiger partial charge is 0.236 e. The molecule has 0 fully saturated rings. The second-order valence-electron chi connectivity index (χ2n) is 4.93. The largest absolute Gasteiger partial charge is 0.496 e. The number of ether oxygens (including phenoxy) is 1. The standard InChI is InChI=1S/C15H17N5O2S/c1-10-17-18-13(20(10)2)8-23-9-14-16-15(19-22-14)11-6-4-5-7-12(11)21-3/h4-7H,8-9H2,1-3H3. The van der Waals surface area contributed by atoms with Crippen LogP contribution in [0.4, 0.5) is 0 Å². The van der Waals surface area contributed by atoms with Gasteiger partial charge in [-0.2, -0.15) is 4.98 Å². The van der Waals surface area contributed by atoms with E-state index < -0.39 is 0 Å². The minimum Gasteiger partial charge on any atom is -0.496 e. The van der Waals surface area contributed by atoms with Crippen LogP contribution in [-0.4, -0.2) is 32.0 Å². The first kappa shape index (κ1) is 15.5. The molecule has 0 bridgehead atoms. The molecule has 0 saturated heterocycles. The van der Waals surface area contributed by atoms with Gasteiger partial charge in [0.2, 0.25) is 11.7 Å². The lowest BCUT2D eigenvalue weighted by atomic mass is 10.2. The summed E-state index contributed by atoms with van der Waals surface area (Å²) in [6.45, 7) is 1.93. The number of nitrogens with zero attached hydrogens (tertiary/aromatic N) is 5. The minimum atomic E-state index is 0.535. The first-order valence-electron chi connectivity index (χ1n) is 7.07. The summed E-state index contributed by atoms with van der Waals surface area (Å²) < 4.78 is 12.6. The molecule has 0 atom stereocenters. The Morgan fingerprint density at radius 3 is 2.78 bits per heavy atom. The van der Waals surface area contributed by atoms with Crippen molar-refractivity contribution in [1.82, 2.24) is 24.9 Å². The van der Waals surface area contributed by atoms with E-state index in [-0.39, 0.29) is 0 Å². The van der Waals surface area contributed by atoms with Gasteiger partial charge in [0.1, 0.15) is 17.4 Å². The molecule has 0 unspecified atom stereocenters. The van der Waals surface area contributed by atoms with Crippen LogP contribution in [0, 0.1) is 6.92 Å². The number of hydrogen-bond acceptors (Lipinski definition) is 7. The highest BCUT2D eigenvalue weighted by molar-refractivity contribution is 7.97. The number of methoxy groups -OCH3 is 1. The normalized spacial score (nSPS) is 10.9. The monoisotopic (exact) mass is 331 g/mol. The van der Waals surface area contributed by atoms with Crippen LogP contribution in [0.15, 0.2) is 28.8 Å². The number of thioether (sulfide) groups is 1. The fourth-order valence-electron chi connectivity index (χ4n) is 2.06.